The lowest BCUT2D eigenvalue weighted by atomic mass is 9.95. The van der Waals surface area contributed by atoms with Gasteiger partial charge in [0.25, 0.3) is 0 Å². The third-order valence-corrected chi connectivity index (χ3v) is 3.23. The van der Waals surface area contributed by atoms with Crippen LogP contribution in [0.4, 0.5) is 0 Å². The van der Waals surface area contributed by atoms with E-state index < -0.39 is 0 Å². The van der Waals surface area contributed by atoms with Gasteiger partial charge in [0.05, 0.1) is 0 Å². The predicted molar refractivity (Wildman–Crippen MR) is 75.4 cm³/mol. The Bertz CT molecular complexity index is 639. The van der Waals surface area contributed by atoms with Gasteiger partial charge in [0.2, 0.25) is 0 Å². The molecular formula is C17H14. The maximum absolute atomic E-state index is 3.87. The van der Waals surface area contributed by atoms with Gasteiger partial charge in [0.1, 0.15) is 0 Å². The SMILES string of the molecule is C=CCc1c2ccccc2cc2ccccc12. The average molecular weight is 218 g/mol. The van der Waals surface area contributed by atoms with Crippen molar-refractivity contribution < 1.29 is 0 Å². The van der Waals surface area contributed by atoms with Gasteiger partial charge >= 0.3 is 0 Å². The molecule has 0 saturated heterocycles. The van der Waals surface area contributed by atoms with Gasteiger partial charge in [0.15, 0.2) is 0 Å². The van der Waals surface area contributed by atoms with Gasteiger partial charge in [-0.3, -0.25) is 0 Å². The minimum atomic E-state index is 0.919. The van der Waals surface area contributed by atoms with Crippen LogP contribution in [0.25, 0.3) is 21.5 Å². The molecule has 0 saturated carbocycles. The maximum Gasteiger partial charge on any atom is -0.00878 e. The van der Waals surface area contributed by atoms with Crippen molar-refractivity contribution in [3.8, 4) is 0 Å². The zero-order valence-electron chi connectivity index (χ0n) is 9.69. The van der Waals surface area contributed by atoms with Crippen LogP contribution in [0.1, 0.15) is 5.56 Å². The molecule has 0 bridgehead atoms. The molecule has 0 unspecified atom stereocenters. The molecule has 0 N–H and O–H groups in total. The zero-order valence-corrected chi connectivity index (χ0v) is 9.69. The second kappa shape index (κ2) is 4.06. The fraction of sp³-hybridized carbons (Fsp3) is 0.0588. The molecule has 0 radical (unpaired) electrons. The van der Waals surface area contributed by atoms with Gasteiger partial charge < -0.3 is 0 Å². The topological polar surface area (TPSA) is 0 Å². The van der Waals surface area contributed by atoms with Crippen LogP contribution in [0.2, 0.25) is 0 Å². The number of fused-ring (bicyclic) bond motifs is 2. The number of allylic oxidation sites excluding steroid dienone is 1. The van der Waals surface area contributed by atoms with Crippen LogP contribution < -0.4 is 0 Å². The quantitative estimate of drug-likeness (QED) is 0.431. The zero-order chi connectivity index (χ0) is 11.7. The summed E-state index contributed by atoms with van der Waals surface area (Å²) >= 11 is 0. The fourth-order valence-corrected chi connectivity index (χ4v) is 2.47. The van der Waals surface area contributed by atoms with E-state index in [0.29, 0.717) is 0 Å². The van der Waals surface area contributed by atoms with Crippen molar-refractivity contribution in [2.45, 2.75) is 6.42 Å². The van der Waals surface area contributed by atoms with Gasteiger partial charge in [-0.2, -0.15) is 0 Å². The molecule has 3 aromatic rings. The number of benzene rings is 3. The van der Waals surface area contributed by atoms with Crippen LogP contribution in [0.15, 0.2) is 67.3 Å². The summed E-state index contributed by atoms with van der Waals surface area (Å²) < 4.78 is 0. The summed E-state index contributed by atoms with van der Waals surface area (Å²) in [7, 11) is 0. The van der Waals surface area contributed by atoms with Crippen molar-refractivity contribution in [1.29, 1.82) is 0 Å². The summed E-state index contributed by atoms with van der Waals surface area (Å²) in [6.07, 6.45) is 2.90. The fourth-order valence-electron chi connectivity index (χ4n) is 2.47. The van der Waals surface area contributed by atoms with E-state index >= 15 is 0 Å². The van der Waals surface area contributed by atoms with Crippen molar-refractivity contribution in [2.75, 3.05) is 0 Å². The number of hydrogen-bond donors (Lipinski definition) is 0. The molecule has 82 valence electrons. The summed E-state index contributed by atoms with van der Waals surface area (Å²) in [5.41, 5.74) is 1.38. The molecule has 3 rings (SSSR count). The molecule has 0 heteroatoms. The van der Waals surface area contributed by atoms with Gasteiger partial charge in [-0.05, 0) is 39.6 Å². The third kappa shape index (κ3) is 1.62. The molecule has 0 amide bonds. The predicted octanol–water partition coefficient (Wildman–Crippen LogP) is 4.72. The smallest absolute Gasteiger partial charge is 0.00878 e. The van der Waals surface area contributed by atoms with E-state index in [4.69, 9.17) is 0 Å². The highest BCUT2D eigenvalue weighted by Gasteiger charge is 2.05. The van der Waals surface area contributed by atoms with E-state index in [1.165, 1.54) is 27.1 Å². The van der Waals surface area contributed by atoms with Gasteiger partial charge in [-0.1, -0.05) is 54.6 Å². The molecule has 0 nitrogen and oxygen atoms in total. The monoisotopic (exact) mass is 218 g/mol. The highest BCUT2D eigenvalue weighted by Crippen LogP contribution is 2.28. The number of rotatable bonds is 2. The van der Waals surface area contributed by atoms with E-state index in [9.17, 15) is 0 Å². The lowest BCUT2D eigenvalue weighted by molar-refractivity contribution is 1.34. The van der Waals surface area contributed by atoms with Crippen molar-refractivity contribution in [2.24, 2.45) is 0 Å². The lowest BCUT2D eigenvalue weighted by Gasteiger charge is -2.09. The van der Waals surface area contributed by atoms with E-state index in [2.05, 4.69) is 61.2 Å². The Morgan fingerprint density at radius 1 is 0.824 bits per heavy atom. The molecule has 3 aromatic carbocycles. The average Bonchev–Trinajstić information content (AvgIpc) is 2.39. The summed E-state index contributed by atoms with van der Waals surface area (Å²) in [4.78, 5) is 0. The van der Waals surface area contributed by atoms with Crippen LogP contribution >= 0.6 is 0 Å². The Morgan fingerprint density at radius 3 is 1.88 bits per heavy atom. The summed E-state index contributed by atoms with van der Waals surface area (Å²) in [5, 5.41) is 5.29. The van der Waals surface area contributed by atoms with E-state index in [-0.39, 0.29) is 0 Å². The Morgan fingerprint density at radius 2 is 1.35 bits per heavy atom. The van der Waals surface area contributed by atoms with Gasteiger partial charge in [-0.25, -0.2) is 0 Å². The first-order valence-corrected chi connectivity index (χ1v) is 5.90. The molecule has 0 spiro atoms. The van der Waals surface area contributed by atoms with Crippen molar-refractivity contribution in [3.63, 3.8) is 0 Å². The molecule has 0 atom stereocenters. The highest BCUT2D eigenvalue weighted by atomic mass is 14.1. The minimum absolute atomic E-state index is 0.919. The first kappa shape index (κ1) is 10.1. The minimum Gasteiger partial charge on any atom is -0.103 e. The molecule has 0 aromatic heterocycles. The molecule has 17 heavy (non-hydrogen) atoms. The first-order chi connectivity index (χ1) is 8.40. The standard InChI is InChI=1S/C17H14/c1-2-7-17-15-10-5-3-8-13(15)12-14-9-4-6-11-16(14)17/h2-6,8-12H,1,7H2. The van der Waals surface area contributed by atoms with Crippen LogP contribution in [0.5, 0.6) is 0 Å². The van der Waals surface area contributed by atoms with E-state index in [1.807, 2.05) is 6.08 Å². The molecule has 0 heterocycles. The third-order valence-electron chi connectivity index (χ3n) is 3.23. The van der Waals surface area contributed by atoms with Crippen LogP contribution in [-0.2, 0) is 6.42 Å². The molecule has 0 fully saturated rings. The Hall–Kier alpha value is -2.08. The largest absolute Gasteiger partial charge is 0.103 e. The summed E-state index contributed by atoms with van der Waals surface area (Å²) in [6.45, 7) is 3.87. The summed E-state index contributed by atoms with van der Waals surface area (Å²) in [5.74, 6) is 0. The molecule has 0 aliphatic heterocycles. The summed E-state index contributed by atoms with van der Waals surface area (Å²) in [6, 6.07) is 19.4. The lowest BCUT2D eigenvalue weighted by Crippen LogP contribution is -1.87. The Balaban J connectivity index is 2.51. The Kier molecular flexibility index (Phi) is 2.41. The van der Waals surface area contributed by atoms with Crippen LogP contribution in [0, 0.1) is 0 Å². The van der Waals surface area contributed by atoms with E-state index in [1.54, 1.807) is 0 Å². The van der Waals surface area contributed by atoms with Gasteiger partial charge in [0, 0.05) is 0 Å². The second-order valence-corrected chi connectivity index (χ2v) is 4.29. The first-order valence-electron chi connectivity index (χ1n) is 5.90. The second-order valence-electron chi connectivity index (χ2n) is 4.29. The molecule has 0 aliphatic rings. The van der Waals surface area contributed by atoms with Crippen molar-refractivity contribution in [3.05, 3.63) is 72.8 Å². The van der Waals surface area contributed by atoms with Crippen molar-refractivity contribution in [1.82, 2.24) is 0 Å². The van der Waals surface area contributed by atoms with Crippen molar-refractivity contribution >= 4 is 21.5 Å². The molecular weight excluding hydrogens is 204 g/mol. The normalized spacial score (nSPS) is 10.8. The van der Waals surface area contributed by atoms with Crippen LogP contribution in [0.3, 0.4) is 0 Å². The highest BCUT2D eigenvalue weighted by molar-refractivity contribution is 6.02. The van der Waals surface area contributed by atoms with Crippen LogP contribution in [-0.4, -0.2) is 0 Å². The number of hydrogen-bond acceptors (Lipinski definition) is 0. The maximum atomic E-state index is 3.87. The Labute approximate surface area is 101 Å². The van der Waals surface area contributed by atoms with Gasteiger partial charge in [-0.15, -0.1) is 6.58 Å². The van der Waals surface area contributed by atoms with E-state index in [0.717, 1.165) is 6.42 Å². The molecule has 0 aliphatic carbocycles.